The largest absolute Gasteiger partial charge is 0.463 e. The van der Waals surface area contributed by atoms with E-state index < -0.39 is 11.5 Å². The number of nitrogens with one attached hydrogen (secondary N) is 2. The van der Waals surface area contributed by atoms with E-state index in [4.69, 9.17) is 4.74 Å². The second-order valence-corrected chi connectivity index (χ2v) is 10.1. The average Bonchev–Trinajstić information content (AvgIpc) is 3.30. The number of amides is 2. The van der Waals surface area contributed by atoms with Crippen molar-refractivity contribution < 1.29 is 24.2 Å². The summed E-state index contributed by atoms with van der Waals surface area (Å²) in [4.78, 5) is 38.0. The molecule has 0 aromatic carbocycles. The first-order valence-electron chi connectivity index (χ1n) is 13.0. The van der Waals surface area contributed by atoms with Crippen molar-refractivity contribution in [3.63, 3.8) is 0 Å². The van der Waals surface area contributed by atoms with Crippen LogP contribution in [0.1, 0.15) is 89.9 Å². The van der Waals surface area contributed by atoms with Gasteiger partial charge in [-0.05, 0) is 38.0 Å². The number of hydrogen-bond acceptors (Lipinski definition) is 5. The Kier molecular flexibility index (Phi) is 12.4. The van der Waals surface area contributed by atoms with Crippen LogP contribution in [0.3, 0.4) is 0 Å². The fraction of sp³-hybridized carbons (Fsp3) is 0.741. The molecule has 2 aliphatic rings. The van der Waals surface area contributed by atoms with Gasteiger partial charge >= 0.3 is 5.97 Å². The Morgan fingerprint density at radius 1 is 1.06 bits per heavy atom. The van der Waals surface area contributed by atoms with Crippen LogP contribution in [0.15, 0.2) is 25.3 Å². The first kappa shape index (κ1) is 28.1. The van der Waals surface area contributed by atoms with Crippen LogP contribution in [-0.4, -0.2) is 47.7 Å². The molecule has 0 saturated heterocycles. The van der Waals surface area contributed by atoms with Crippen LogP contribution < -0.4 is 10.6 Å². The van der Waals surface area contributed by atoms with Crippen molar-refractivity contribution >= 4 is 17.8 Å². The van der Waals surface area contributed by atoms with Crippen molar-refractivity contribution in [1.82, 2.24) is 10.6 Å². The molecule has 7 heteroatoms. The zero-order chi connectivity index (χ0) is 24.8. The number of rotatable bonds is 15. The van der Waals surface area contributed by atoms with E-state index in [9.17, 15) is 19.5 Å². The normalized spacial score (nSPS) is 19.6. The zero-order valence-corrected chi connectivity index (χ0v) is 20.7. The first-order chi connectivity index (χ1) is 16.4. The topological polar surface area (TPSA) is 105 Å². The minimum atomic E-state index is -0.560. The number of hydrogen-bond donors (Lipinski definition) is 3. The average molecular weight is 477 g/mol. The lowest BCUT2D eigenvalue weighted by Gasteiger charge is -2.30. The Morgan fingerprint density at radius 2 is 1.76 bits per heavy atom. The molecule has 0 aromatic heterocycles. The second kappa shape index (κ2) is 15.0. The molecule has 0 aromatic rings. The van der Waals surface area contributed by atoms with Gasteiger partial charge in [0.05, 0.1) is 24.1 Å². The molecular formula is C27H44N2O5. The summed E-state index contributed by atoms with van der Waals surface area (Å²) in [7, 11) is 0. The molecule has 0 spiro atoms. The molecule has 3 N–H and O–H groups in total. The number of carbonyl (C=O) groups excluding carboxylic acids is 3. The molecule has 0 radical (unpaired) electrons. The summed E-state index contributed by atoms with van der Waals surface area (Å²) in [5.74, 6) is -0.797. The Labute approximate surface area is 204 Å². The van der Waals surface area contributed by atoms with Crippen LogP contribution in [0.25, 0.3) is 0 Å². The monoisotopic (exact) mass is 476 g/mol. The predicted molar refractivity (Wildman–Crippen MR) is 133 cm³/mol. The van der Waals surface area contributed by atoms with E-state index in [1.807, 2.05) is 0 Å². The van der Waals surface area contributed by atoms with Gasteiger partial charge in [0.2, 0.25) is 11.8 Å². The van der Waals surface area contributed by atoms with Gasteiger partial charge in [-0.1, -0.05) is 57.1 Å². The number of carbonyl (C=O) groups is 3. The molecule has 0 unspecified atom stereocenters. The highest BCUT2D eigenvalue weighted by Crippen LogP contribution is 2.30. The standard InChI is InChI=1S/C27H44N2O5/c1-3-5-14-25(32)34-19-23(17-21-12-7-6-8-13-21)28-26(33)22(11-4-2)18-24(31)29-27(20-30)15-9-10-16-27/h3-4,21-23,30H,1-2,5-20H2,(H,28,33)(H,29,31)/t22-,23+/m1/s1. The van der Waals surface area contributed by atoms with Crippen molar-refractivity contribution in [2.45, 2.75) is 101 Å². The minimum Gasteiger partial charge on any atom is -0.463 e. The lowest BCUT2D eigenvalue weighted by molar-refractivity contribution is -0.145. The SMILES string of the molecule is C=CCCC(=O)OC[C@H](CC1CCCCC1)NC(=O)[C@H](CC=C)CC(=O)NC1(CO)CCCC1. The highest BCUT2D eigenvalue weighted by Gasteiger charge is 2.35. The van der Waals surface area contributed by atoms with Crippen molar-refractivity contribution in [2.75, 3.05) is 13.2 Å². The third-order valence-corrected chi connectivity index (χ3v) is 7.21. The van der Waals surface area contributed by atoms with Crippen LogP contribution in [0.2, 0.25) is 0 Å². The fourth-order valence-corrected chi connectivity index (χ4v) is 5.23. The van der Waals surface area contributed by atoms with E-state index >= 15 is 0 Å². The Hall–Kier alpha value is -2.15. The van der Waals surface area contributed by atoms with Crippen molar-refractivity contribution in [1.29, 1.82) is 0 Å². The lowest BCUT2D eigenvalue weighted by atomic mass is 9.84. The molecule has 2 aliphatic carbocycles. The summed E-state index contributed by atoms with van der Waals surface area (Å²) in [5, 5.41) is 15.8. The highest BCUT2D eigenvalue weighted by molar-refractivity contribution is 5.86. The third kappa shape index (κ3) is 9.61. The maximum atomic E-state index is 13.2. The van der Waals surface area contributed by atoms with E-state index in [-0.39, 0.29) is 49.9 Å². The van der Waals surface area contributed by atoms with Crippen molar-refractivity contribution in [3.05, 3.63) is 25.3 Å². The van der Waals surface area contributed by atoms with Crippen molar-refractivity contribution in [3.8, 4) is 0 Å². The molecule has 2 atom stereocenters. The molecular weight excluding hydrogens is 432 g/mol. The molecule has 2 fully saturated rings. The summed E-state index contributed by atoms with van der Waals surface area (Å²) < 4.78 is 5.46. The van der Waals surface area contributed by atoms with Crippen molar-refractivity contribution in [2.24, 2.45) is 11.8 Å². The van der Waals surface area contributed by atoms with Crippen LogP contribution in [0.4, 0.5) is 0 Å². The quantitative estimate of drug-likeness (QED) is 0.245. The number of aliphatic hydroxyl groups excluding tert-OH is 1. The van der Waals surface area contributed by atoms with Gasteiger partial charge in [0.25, 0.3) is 0 Å². The molecule has 0 aliphatic heterocycles. The highest BCUT2D eigenvalue weighted by atomic mass is 16.5. The summed E-state index contributed by atoms with van der Waals surface area (Å²) in [6, 6.07) is -0.280. The van der Waals surface area contributed by atoms with E-state index in [1.54, 1.807) is 12.2 Å². The Balaban J connectivity index is 1.97. The van der Waals surface area contributed by atoms with E-state index in [0.29, 0.717) is 18.8 Å². The summed E-state index contributed by atoms with van der Waals surface area (Å²) >= 11 is 0. The molecule has 2 amide bonds. The molecule has 0 bridgehead atoms. The van der Waals surface area contributed by atoms with Gasteiger partial charge < -0.3 is 20.5 Å². The van der Waals surface area contributed by atoms with Crippen LogP contribution in [-0.2, 0) is 19.1 Å². The van der Waals surface area contributed by atoms with E-state index in [0.717, 1.165) is 44.9 Å². The predicted octanol–water partition coefficient (Wildman–Crippen LogP) is 3.95. The fourth-order valence-electron chi connectivity index (χ4n) is 5.23. The first-order valence-corrected chi connectivity index (χ1v) is 13.0. The summed E-state index contributed by atoms with van der Waals surface area (Å²) in [6.45, 7) is 7.43. The second-order valence-electron chi connectivity index (χ2n) is 10.1. The number of ether oxygens (including phenoxy) is 1. The molecule has 7 nitrogen and oxygen atoms in total. The minimum absolute atomic E-state index is 0.0366. The molecule has 34 heavy (non-hydrogen) atoms. The zero-order valence-electron chi connectivity index (χ0n) is 20.7. The Bertz CT molecular complexity index is 681. The van der Waals surface area contributed by atoms with Gasteiger partial charge in [0, 0.05) is 12.8 Å². The van der Waals surface area contributed by atoms with Gasteiger partial charge in [-0.15, -0.1) is 13.2 Å². The smallest absolute Gasteiger partial charge is 0.306 e. The van der Waals surface area contributed by atoms with Gasteiger partial charge in [0.1, 0.15) is 6.61 Å². The number of allylic oxidation sites excluding steroid dienone is 2. The summed E-state index contributed by atoms with van der Waals surface area (Å²) in [5.41, 5.74) is -0.560. The van der Waals surface area contributed by atoms with Gasteiger partial charge in [-0.25, -0.2) is 0 Å². The van der Waals surface area contributed by atoms with E-state index in [2.05, 4.69) is 23.8 Å². The van der Waals surface area contributed by atoms with E-state index in [1.165, 1.54) is 19.3 Å². The molecule has 2 rings (SSSR count). The van der Waals surface area contributed by atoms with Gasteiger partial charge in [-0.2, -0.15) is 0 Å². The molecule has 2 saturated carbocycles. The molecule has 192 valence electrons. The van der Waals surface area contributed by atoms with Crippen LogP contribution in [0.5, 0.6) is 0 Å². The summed E-state index contributed by atoms with van der Waals surface area (Å²) in [6.07, 6.45) is 14.7. The van der Waals surface area contributed by atoms with Gasteiger partial charge in [0.15, 0.2) is 0 Å². The lowest BCUT2D eigenvalue weighted by Crippen LogP contribution is -2.50. The van der Waals surface area contributed by atoms with Gasteiger partial charge in [-0.3, -0.25) is 14.4 Å². The Morgan fingerprint density at radius 3 is 2.38 bits per heavy atom. The molecule has 0 heterocycles. The number of esters is 1. The van der Waals surface area contributed by atoms with Crippen LogP contribution in [0, 0.1) is 11.8 Å². The maximum absolute atomic E-state index is 13.2. The van der Waals surface area contributed by atoms with Crippen LogP contribution >= 0.6 is 0 Å². The third-order valence-electron chi connectivity index (χ3n) is 7.21. The maximum Gasteiger partial charge on any atom is 0.306 e. The number of aliphatic hydroxyl groups is 1.